The summed E-state index contributed by atoms with van der Waals surface area (Å²) in [5, 5.41) is 2.27. The molecule has 146 valence electrons. The van der Waals surface area contributed by atoms with Gasteiger partial charge in [0, 0.05) is 11.5 Å². The number of fused-ring (bicyclic) bond motifs is 3. The van der Waals surface area contributed by atoms with Gasteiger partial charge in [-0.05, 0) is 36.6 Å². The monoisotopic (exact) mass is 437 g/mol. The van der Waals surface area contributed by atoms with Gasteiger partial charge in [0.25, 0.3) is 0 Å². The van der Waals surface area contributed by atoms with Gasteiger partial charge in [0.05, 0.1) is 32.9 Å². The van der Waals surface area contributed by atoms with Crippen molar-refractivity contribution in [2.75, 3.05) is 11.6 Å². The Bertz CT molecular complexity index is 1110. The molecule has 1 aliphatic rings. The van der Waals surface area contributed by atoms with E-state index in [9.17, 15) is 4.79 Å². The van der Waals surface area contributed by atoms with Crippen LogP contribution in [0, 0.1) is 0 Å². The maximum absolute atomic E-state index is 12.2. The van der Waals surface area contributed by atoms with Crippen LogP contribution in [0.3, 0.4) is 0 Å². The van der Waals surface area contributed by atoms with Crippen molar-refractivity contribution in [2.45, 2.75) is 32.7 Å². The van der Waals surface area contributed by atoms with E-state index >= 15 is 0 Å². The molecule has 0 unspecified atom stereocenters. The summed E-state index contributed by atoms with van der Waals surface area (Å²) in [7, 11) is 0. The smallest absolute Gasteiger partial charge is 0.336 e. The minimum Gasteiger partial charge on any atom is -0.471 e. The molecular weight excluding hydrogens is 421 g/mol. The average molecular weight is 439 g/mol. The molecule has 1 aliphatic heterocycles. The molecule has 2 aromatic carbocycles. The Kier molecular flexibility index (Phi) is 5.46. The predicted molar refractivity (Wildman–Crippen MR) is 114 cm³/mol. The lowest BCUT2D eigenvalue weighted by Gasteiger charge is -2.32. The fourth-order valence-electron chi connectivity index (χ4n) is 3.52. The molecule has 3 aromatic rings. The van der Waals surface area contributed by atoms with E-state index in [-0.39, 0.29) is 12.4 Å². The summed E-state index contributed by atoms with van der Waals surface area (Å²) in [6.45, 7) is 2.81. The first-order chi connectivity index (χ1) is 13.5. The molecule has 0 aliphatic carbocycles. The van der Waals surface area contributed by atoms with E-state index in [2.05, 4.69) is 6.92 Å². The highest BCUT2D eigenvalue weighted by atomic mass is 35.5. The van der Waals surface area contributed by atoms with Crippen molar-refractivity contribution in [1.82, 2.24) is 0 Å². The molecule has 1 aromatic heterocycles. The van der Waals surface area contributed by atoms with Crippen LogP contribution < -0.4 is 15.3 Å². The number of benzene rings is 2. The second-order valence-electron chi connectivity index (χ2n) is 6.78. The van der Waals surface area contributed by atoms with Crippen molar-refractivity contribution in [3.8, 4) is 5.75 Å². The van der Waals surface area contributed by atoms with Gasteiger partial charge in [-0.3, -0.25) is 0 Å². The fraction of sp³-hybridized carbons (Fsp3) is 0.286. The van der Waals surface area contributed by atoms with Gasteiger partial charge in [0.15, 0.2) is 6.73 Å². The third-order valence-corrected chi connectivity index (χ3v) is 6.00. The molecule has 0 N–H and O–H groups in total. The fourth-order valence-corrected chi connectivity index (χ4v) is 4.21. The second-order valence-corrected chi connectivity index (χ2v) is 7.97. The van der Waals surface area contributed by atoms with E-state index in [0.29, 0.717) is 32.9 Å². The number of halogens is 3. The van der Waals surface area contributed by atoms with Crippen molar-refractivity contribution in [3.63, 3.8) is 0 Å². The standard InChI is InChI=1S/C21H18Cl3NO3/c1-2-3-5-12-8-18(26)28-20-13(12)9-16(23)21-14(20)10-25(11-27-21)17-7-4-6-15(22)19(17)24/h4,6-9H,2-3,5,10-11H2,1H3. The van der Waals surface area contributed by atoms with E-state index in [1.807, 2.05) is 23.1 Å². The molecule has 0 amide bonds. The van der Waals surface area contributed by atoms with Gasteiger partial charge in [0.2, 0.25) is 0 Å². The highest BCUT2D eigenvalue weighted by Crippen LogP contribution is 2.42. The van der Waals surface area contributed by atoms with Gasteiger partial charge in [-0.25, -0.2) is 4.79 Å². The highest BCUT2D eigenvalue weighted by molar-refractivity contribution is 6.43. The highest BCUT2D eigenvalue weighted by Gasteiger charge is 2.26. The number of unbranched alkanes of at least 4 members (excludes halogenated alkanes) is 1. The van der Waals surface area contributed by atoms with Gasteiger partial charge in [-0.1, -0.05) is 54.2 Å². The molecule has 4 nitrogen and oxygen atoms in total. The number of hydrogen-bond acceptors (Lipinski definition) is 4. The molecule has 0 fully saturated rings. The lowest BCUT2D eigenvalue weighted by Crippen LogP contribution is -2.32. The molecule has 0 spiro atoms. The first-order valence-electron chi connectivity index (χ1n) is 9.09. The number of nitrogens with zero attached hydrogens (tertiary/aromatic N) is 1. The van der Waals surface area contributed by atoms with Crippen LogP contribution in [0.5, 0.6) is 5.75 Å². The Morgan fingerprint density at radius 3 is 2.75 bits per heavy atom. The molecule has 2 heterocycles. The van der Waals surface area contributed by atoms with Gasteiger partial charge >= 0.3 is 5.63 Å². The topological polar surface area (TPSA) is 42.7 Å². The summed E-state index contributed by atoms with van der Waals surface area (Å²) in [5.74, 6) is 0.541. The molecule has 28 heavy (non-hydrogen) atoms. The zero-order valence-electron chi connectivity index (χ0n) is 15.2. The van der Waals surface area contributed by atoms with Crippen LogP contribution in [0.4, 0.5) is 5.69 Å². The van der Waals surface area contributed by atoms with Crippen molar-refractivity contribution in [2.24, 2.45) is 0 Å². The number of hydrogen-bond donors (Lipinski definition) is 0. The largest absolute Gasteiger partial charge is 0.471 e. The molecule has 4 rings (SSSR count). The number of ether oxygens (including phenoxy) is 1. The lowest BCUT2D eigenvalue weighted by molar-refractivity contribution is 0.289. The first kappa shape index (κ1) is 19.4. The van der Waals surface area contributed by atoms with Crippen LogP contribution in [0.2, 0.25) is 15.1 Å². The summed E-state index contributed by atoms with van der Waals surface area (Å²) in [6.07, 6.45) is 2.80. The van der Waals surface area contributed by atoms with Crippen molar-refractivity contribution >= 4 is 51.5 Å². The van der Waals surface area contributed by atoms with Crippen LogP contribution in [-0.4, -0.2) is 6.73 Å². The van der Waals surface area contributed by atoms with E-state index in [0.717, 1.165) is 41.5 Å². The molecule has 7 heteroatoms. The Morgan fingerprint density at radius 2 is 1.96 bits per heavy atom. The van der Waals surface area contributed by atoms with Gasteiger partial charge in [-0.2, -0.15) is 0 Å². The Hall–Kier alpha value is -1.88. The summed E-state index contributed by atoms with van der Waals surface area (Å²) >= 11 is 19.1. The molecule has 0 atom stereocenters. The van der Waals surface area contributed by atoms with Crippen molar-refractivity contribution in [1.29, 1.82) is 0 Å². The quantitative estimate of drug-likeness (QED) is 0.439. The number of aryl methyl sites for hydroxylation is 1. The number of rotatable bonds is 4. The minimum absolute atomic E-state index is 0.262. The summed E-state index contributed by atoms with van der Waals surface area (Å²) in [4.78, 5) is 14.1. The second kappa shape index (κ2) is 7.86. The van der Waals surface area contributed by atoms with Crippen LogP contribution >= 0.6 is 34.8 Å². The van der Waals surface area contributed by atoms with E-state index in [1.54, 1.807) is 12.1 Å². The van der Waals surface area contributed by atoms with Crippen molar-refractivity contribution in [3.05, 3.63) is 66.9 Å². The van der Waals surface area contributed by atoms with E-state index < -0.39 is 0 Å². The molecular formula is C21H18Cl3NO3. The van der Waals surface area contributed by atoms with Gasteiger partial charge < -0.3 is 14.1 Å². The first-order valence-corrected chi connectivity index (χ1v) is 10.2. The van der Waals surface area contributed by atoms with Crippen LogP contribution in [0.1, 0.15) is 30.9 Å². The van der Waals surface area contributed by atoms with Crippen LogP contribution in [-0.2, 0) is 13.0 Å². The summed E-state index contributed by atoms with van der Waals surface area (Å²) in [6, 6.07) is 8.81. The third-order valence-electron chi connectivity index (χ3n) is 4.91. The van der Waals surface area contributed by atoms with Crippen LogP contribution in [0.15, 0.2) is 39.5 Å². The maximum Gasteiger partial charge on any atom is 0.336 e. The minimum atomic E-state index is -0.374. The Labute approximate surface area is 177 Å². The predicted octanol–water partition coefficient (Wildman–Crippen LogP) is 6.45. The summed E-state index contributed by atoms with van der Waals surface area (Å²) < 4.78 is 11.5. The summed E-state index contributed by atoms with van der Waals surface area (Å²) in [5.41, 5.74) is 2.57. The molecule has 0 saturated heterocycles. The lowest BCUT2D eigenvalue weighted by atomic mass is 10.0. The molecule has 0 saturated carbocycles. The Morgan fingerprint density at radius 1 is 1.14 bits per heavy atom. The zero-order chi connectivity index (χ0) is 19.8. The maximum atomic E-state index is 12.2. The zero-order valence-corrected chi connectivity index (χ0v) is 17.5. The van der Waals surface area contributed by atoms with Crippen LogP contribution in [0.25, 0.3) is 11.0 Å². The molecule has 0 radical (unpaired) electrons. The van der Waals surface area contributed by atoms with E-state index in [4.69, 9.17) is 44.0 Å². The molecule has 0 bridgehead atoms. The SMILES string of the molecule is CCCCc1cc(=O)oc2c3c(c(Cl)cc12)OCN(c1cccc(Cl)c1Cl)C3. The Balaban J connectivity index is 1.86. The van der Waals surface area contributed by atoms with Gasteiger partial charge in [-0.15, -0.1) is 0 Å². The average Bonchev–Trinajstić information content (AvgIpc) is 2.69. The normalized spacial score (nSPS) is 13.5. The van der Waals surface area contributed by atoms with E-state index in [1.165, 1.54) is 0 Å². The third kappa shape index (κ3) is 3.45. The van der Waals surface area contributed by atoms with Gasteiger partial charge in [0.1, 0.15) is 11.3 Å². The number of anilines is 1. The van der Waals surface area contributed by atoms with Crippen molar-refractivity contribution < 1.29 is 9.15 Å².